The first-order valence-corrected chi connectivity index (χ1v) is 6.85. The number of nitrogens with one attached hydrogen (secondary N) is 1. The molecular weight excluding hydrogens is 250 g/mol. The van der Waals surface area contributed by atoms with Crippen molar-refractivity contribution in [3.05, 3.63) is 22.9 Å². The molecule has 0 amide bonds. The number of nitrogens with two attached hydrogens (primary N) is 1. The van der Waals surface area contributed by atoms with Crippen molar-refractivity contribution in [3.8, 4) is 18.2 Å². The third-order valence-corrected chi connectivity index (χ3v) is 4.25. The summed E-state index contributed by atoms with van der Waals surface area (Å²) in [5.41, 5.74) is 5.83. The van der Waals surface area contributed by atoms with E-state index in [0.29, 0.717) is 17.9 Å². The Kier molecular flexibility index (Phi) is 4.41. The topological polar surface area (TPSA) is 109 Å². The molecule has 1 saturated carbocycles. The zero-order chi connectivity index (χ0) is 14.5. The molecule has 3 atom stereocenters. The third kappa shape index (κ3) is 2.82. The van der Waals surface area contributed by atoms with Crippen molar-refractivity contribution in [2.24, 2.45) is 17.6 Å². The molecule has 1 aliphatic carbocycles. The molecule has 5 heteroatoms. The van der Waals surface area contributed by atoms with Crippen molar-refractivity contribution in [2.45, 2.75) is 31.7 Å². The Morgan fingerprint density at radius 1 is 1.10 bits per heavy atom. The second-order valence-corrected chi connectivity index (χ2v) is 5.39. The predicted molar refractivity (Wildman–Crippen MR) is 73.4 cm³/mol. The first kappa shape index (κ1) is 14.1. The van der Waals surface area contributed by atoms with Crippen LogP contribution in [0.5, 0.6) is 0 Å². The lowest BCUT2D eigenvalue weighted by Gasteiger charge is -2.30. The fourth-order valence-corrected chi connectivity index (χ4v) is 3.20. The molecule has 0 aromatic heterocycles. The molecule has 1 saturated heterocycles. The van der Waals surface area contributed by atoms with Crippen LogP contribution >= 0.6 is 0 Å². The molecule has 2 aliphatic rings. The smallest absolute Gasteiger partial charge is 0.153 e. The normalized spacial score (nSPS) is 28.6. The van der Waals surface area contributed by atoms with E-state index in [-0.39, 0.29) is 16.8 Å². The van der Waals surface area contributed by atoms with E-state index in [9.17, 15) is 5.26 Å². The highest BCUT2D eigenvalue weighted by molar-refractivity contribution is 5.52. The van der Waals surface area contributed by atoms with Crippen LogP contribution in [0, 0.1) is 45.8 Å². The van der Waals surface area contributed by atoms with Gasteiger partial charge in [-0.1, -0.05) is 6.08 Å². The average Bonchev–Trinajstić information content (AvgIpc) is 2.93. The zero-order valence-electron chi connectivity index (χ0n) is 11.3. The lowest BCUT2D eigenvalue weighted by atomic mass is 9.78. The Bertz CT molecular complexity index is 551. The van der Waals surface area contributed by atoms with Gasteiger partial charge < -0.3 is 11.1 Å². The van der Waals surface area contributed by atoms with E-state index in [1.54, 1.807) is 12.1 Å². The summed E-state index contributed by atoms with van der Waals surface area (Å²) in [5, 5.41) is 30.3. The number of hydrogen-bond acceptors (Lipinski definition) is 5. The molecular formula is C15H17N5. The van der Waals surface area contributed by atoms with Crippen molar-refractivity contribution in [1.82, 2.24) is 5.32 Å². The van der Waals surface area contributed by atoms with Crippen LogP contribution in [0.2, 0.25) is 0 Å². The van der Waals surface area contributed by atoms with Crippen molar-refractivity contribution in [2.75, 3.05) is 6.54 Å². The number of fused-ring (bicyclic) bond motifs is 1. The van der Waals surface area contributed by atoms with Crippen LogP contribution in [-0.2, 0) is 0 Å². The minimum atomic E-state index is -0.186. The van der Waals surface area contributed by atoms with Gasteiger partial charge in [-0.3, -0.25) is 0 Å². The van der Waals surface area contributed by atoms with Gasteiger partial charge in [-0.2, -0.15) is 15.8 Å². The van der Waals surface area contributed by atoms with Gasteiger partial charge in [0.1, 0.15) is 18.2 Å². The quantitative estimate of drug-likeness (QED) is 0.581. The van der Waals surface area contributed by atoms with E-state index in [4.69, 9.17) is 16.3 Å². The highest BCUT2D eigenvalue weighted by Crippen LogP contribution is 2.35. The van der Waals surface area contributed by atoms with Crippen LogP contribution in [0.3, 0.4) is 0 Å². The monoisotopic (exact) mass is 267 g/mol. The van der Waals surface area contributed by atoms with Gasteiger partial charge >= 0.3 is 0 Å². The van der Waals surface area contributed by atoms with Gasteiger partial charge in [-0.25, -0.2) is 0 Å². The van der Waals surface area contributed by atoms with Crippen LogP contribution in [0.1, 0.15) is 25.7 Å². The average molecular weight is 267 g/mol. The molecule has 1 aliphatic heterocycles. The first-order chi connectivity index (χ1) is 9.69. The van der Waals surface area contributed by atoms with E-state index in [1.807, 2.05) is 12.1 Å². The van der Waals surface area contributed by atoms with Crippen LogP contribution in [0.25, 0.3) is 0 Å². The highest BCUT2D eigenvalue weighted by atomic mass is 15.0. The molecule has 3 N–H and O–H groups in total. The maximum atomic E-state index is 9.19. The van der Waals surface area contributed by atoms with Gasteiger partial charge in [0.25, 0.3) is 0 Å². The Hall–Kier alpha value is -2.29. The number of rotatable bonds is 2. The van der Waals surface area contributed by atoms with E-state index >= 15 is 0 Å². The van der Waals surface area contributed by atoms with E-state index in [1.165, 1.54) is 6.42 Å². The summed E-state index contributed by atoms with van der Waals surface area (Å²) in [6.45, 7) is 1.08. The molecule has 5 nitrogen and oxygen atoms in total. The summed E-state index contributed by atoms with van der Waals surface area (Å²) in [4.78, 5) is 0. The standard InChI is InChI=1S/C15H17N5/c16-7-12(15(19)13(8-17)9-18)6-10-1-2-14-11(5-10)3-4-20-14/h6,10-11,14,20H,1-5,19H2/b12-6+. The Balaban J connectivity index is 2.17. The summed E-state index contributed by atoms with van der Waals surface area (Å²) >= 11 is 0. The fourth-order valence-electron chi connectivity index (χ4n) is 3.20. The molecule has 0 radical (unpaired) electrons. The van der Waals surface area contributed by atoms with Crippen molar-refractivity contribution in [1.29, 1.82) is 15.8 Å². The maximum Gasteiger partial charge on any atom is 0.153 e. The third-order valence-electron chi connectivity index (χ3n) is 4.25. The molecule has 0 bridgehead atoms. The van der Waals surface area contributed by atoms with Crippen LogP contribution in [-0.4, -0.2) is 12.6 Å². The molecule has 0 aromatic rings. The van der Waals surface area contributed by atoms with E-state index < -0.39 is 0 Å². The first-order valence-electron chi connectivity index (χ1n) is 6.85. The molecule has 0 aromatic carbocycles. The van der Waals surface area contributed by atoms with Gasteiger partial charge in [0.15, 0.2) is 5.57 Å². The summed E-state index contributed by atoms with van der Waals surface area (Å²) in [6, 6.07) is 6.10. The molecule has 102 valence electrons. The second kappa shape index (κ2) is 6.24. The second-order valence-electron chi connectivity index (χ2n) is 5.39. The SMILES string of the molecule is N#CC(C#N)=C(N)/C(C#N)=C/C1CCC2NCCC2C1. The lowest BCUT2D eigenvalue weighted by Crippen LogP contribution is -2.32. The molecule has 0 spiro atoms. The Morgan fingerprint density at radius 2 is 1.85 bits per heavy atom. The van der Waals surface area contributed by atoms with E-state index in [2.05, 4.69) is 5.32 Å². The van der Waals surface area contributed by atoms with Gasteiger partial charge in [-0.05, 0) is 44.1 Å². The summed E-state index contributed by atoms with van der Waals surface area (Å²) in [6.07, 6.45) is 6.20. The van der Waals surface area contributed by atoms with Crippen molar-refractivity contribution in [3.63, 3.8) is 0 Å². The van der Waals surface area contributed by atoms with Crippen LogP contribution < -0.4 is 11.1 Å². The molecule has 2 rings (SSSR count). The van der Waals surface area contributed by atoms with Gasteiger partial charge in [0, 0.05) is 6.04 Å². The van der Waals surface area contributed by atoms with Crippen LogP contribution in [0.4, 0.5) is 0 Å². The highest BCUT2D eigenvalue weighted by Gasteiger charge is 2.33. The molecule has 2 fully saturated rings. The zero-order valence-corrected chi connectivity index (χ0v) is 11.3. The number of hydrogen-bond donors (Lipinski definition) is 2. The van der Waals surface area contributed by atoms with Crippen LogP contribution in [0.15, 0.2) is 22.9 Å². The van der Waals surface area contributed by atoms with Gasteiger partial charge in [-0.15, -0.1) is 0 Å². The minimum absolute atomic E-state index is 0.00386. The Labute approximate surface area is 119 Å². The minimum Gasteiger partial charge on any atom is -0.396 e. The van der Waals surface area contributed by atoms with Crippen molar-refractivity contribution < 1.29 is 0 Å². The predicted octanol–water partition coefficient (Wildman–Crippen LogP) is 1.47. The number of nitrogens with zero attached hydrogens (tertiary/aromatic N) is 3. The summed E-state index contributed by atoms with van der Waals surface area (Å²) in [5.74, 6) is 0.976. The number of nitriles is 3. The van der Waals surface area contributed by atoms with Gasteiger partial charge in [0.05, 0.1) is 11.3 Å². The Morgan fingerprint density at radius 3 is 2.50 bits per heavy atom. The van der Waals surface area contributed by atoms with E-state index in [0.717, 1.165) is 25.8 Å². The fraction of sp³-hybridized carbons (Fsp3) is 0.533. The summed E-state index contributed by atoms with van der Waals surface area (Å²) in [7, 11) is 0. The van der Waals surface area contributed by atoms with Gasteiger partial charge in [0.2, 0.25) is 0 Å². The maximum absolute atomic E-state index is 9.19. The number of allylic oxidation sites excluding steroid dienone is 3. The van der Waals surface area contributed by atoms with Crippen molar-refractivity contribution >= 4 is 0 Å². The molecule has 1 heterocycles. The largest absolute Gasteiger partial charge is 0.396 e. The molecule has 3 unspecified atom stereocenters. The lowest BCUT2D eigenvalue weighted by molar-refractivity contribution is 0.278. The summed E-state index contributed by atoms with van der Waals surface area (Å²) < 4.78 is 0. The molecule has 20 heavy (non-hydrogen) atoms.